The molecule has 0 aromatic heterocycles. The van der Waals surface area contributed by atoms with E-state index in [1.165, 1.54) is 6.08 Å². The first-order chi connectivity index (χ1) is 4.54. The van der Waals surface area contributed by atoms with Crippen LogP contribution in [0.1, 0.15) is 0 Å². The fourth-order valence-corrected chi connectivity index (χ4v) is 0.602. The number of allylic oxidation sites excluding steroid dienone is 3. The quantitative estimate of drug-likeness (QED) is 0.562. The van der Waals surface area contributed by atoms with Crippen LogP contribution in [0.5, 0.6) is 0 Å². The first-order valence-corrected chi connectivity index (χ1v) is 4.52. The van der Waals surface area contributed by atoms with Crippen molar-refractivity contribution in [2.24, 2.45) is 0 Å². The number of carbonyl (C=O) groups is 1. The van der Waals surface area contributed by atoms with Gasteiger partial charge in [0.05, 0.1) is 0 Å². The zero-order chi connectivity index (χ0) is 8.15. The Morgan fingerprint density at radius 2 is 1.90 bits per heavy atom. The minimum absolute atomic E-state index is 0.386. The normalized spacial score (nSPS) is 9.80. The fourth-order valence-electron chi connectivity index (χ4n) is 0.232. The molecular formula is C6H4Cl2OW. The number of carbonyl (C=O) groups excluding carboxylic acids is 1. The summed E-state index contributed by atoms with van der Waals surface area (Å²) in [6, 6.07) is 0. The van der Waals surface area contributed by atoms with Gasteiger partial charge in [-0.25, -0.2) is 0 Å². The van der Waals surface area contributed by atoms with Crippen LogP contribution < -0.4 is 0 Å². The molecule has 1 nitrogen and oxygen atoms in total. The average molecular weight is 347 g/mol. The van der Waals surface area contributed by atoms with E-state index in [4.69, 9.17) is 23.2 Å². The number of rotatable bonds is 3. The summed E-state index contributed by atoms with van der Waals surface area (Å²) in [6.45, 7) is 3.41. The molecule has 0 bridgehead atoms. The third-order valence-electron chi connectivity index (χ3n) is 0.609. The van der Waals surface area contributed by atoms with E-state index >= 15 is 0 Å². The molecule has 0 unspecified atom stereocenters. The van der Waals surface area contributed by atoms with Gasteiger partial charge in [0.1, 0.15) is 0 Å². The van der Waals surface area contributed by atoms with Crippen molar-refractivity contribution in [3.8, 4) is 0 Å². The summed E-state index contributed by atoms with van der Waals surface area (Å²) in [7, 11) is 0. The van der Waals surface area contributed by atoms with Crippen LogP contribution in [-0.4, -0.2) is 9.14 Å². The van der Waals surface area contributed by atoms with Gasteiger partial charge in [0.2, 0.25) is 0 Å². The number of halogens is 2. The molecule has 0 heterocycles. The van der Waals surface area contributed by atoms with Crippen LogP contribution in [0, 0.1) is 0 Å². The second-order valence-corrected chi connectivity index (χ2v) is 3.83. The summed E-state index contributed by atoms with van der Waals surface area (Å²) < 4.78 is 0.531. The Morgan fingerprint density at radius 3 is 2.20 bits per heavy atom. The molecule has 54 valence electrons. The van der Waals surface area contributed by atoms with Gasteiger partial charge in [-0.15, -0.1) is 0 Å². The molecule has 0 aliphatic carbocycles. The SMILES string of the molecule is C=C(Cl)/C=C\[C](=[W])C(=O)Cl. The first kappa shape index (κ1) is 10.3. The van der Waals surface area contributed by atoms with E-state index < -0.39 is 5.24 Å². The van der Waals surface area contributed by atoms with Crippen LogP contribution in [0.15, 0.2) is 23.8 Å². The summed E-state index contributed by atoms with van der Waals surface area (Å²) >= 11 is 11.5. The topological polar surface area (TPSA) is 17.1 Å². The van der Waals surface area contributed by atoms with Crippen LogP contribution in [0.25, 0.3) is 0 Å². The summed E-state index contributed by atoms with van der Waals surface area (Å²) in [6.07, 6.45) is 3.09. The van der Waals surface area contributed by atoms with Gasteiger partial charge in [-0.1, -0.05) is 0 Å². The summed E-state index contributed by atoms with van der Waals surface area (Å²) in [5.74, 6) is 0. The van der Waals surface area contributed by atoms with Crippen LogP contribution in [0.4, 0.5) is 0 Å². The monoisotopic (exact) mass is 346 g/mol. The van der Waals surface area contributed by atoms with E-state index in [0.29, 0.717) is 8.93 Å². The second-order valence-electron chi connectivity index (χ2n) is 1.42. The van der Waals surface area contributed by atoms with Gasteiger partial charge in [-0.3, -0.25) is 0 Å². The zero-order valence-electron chi connectivity index (χ0n) is 4.93. The van der Waals surface area contributed by atoms with Crippen LogP contribution in [0.3, 0.4) is 0 Å². The Morgan fingerprint density at radius 1 is 1.40 bits per heavy atom. The first-order valence-electron chi connectivity index (χ1n) is 2.30. The van der Waals surface area contributed by atoms with E-state index in [1.807, 2.05) is 0 Å². The third-order valence-corrected chi connectivity index (χ3v) is 2.54. The van der Waals surface area contributed by atoms with Gasteiger partial charge < -0.3 is 0 Å². The molecule has 0 saturated heterocycles. The molecule has 0 aliphatic heterocycles. The Hall–Kier alpha value is 0.288. The Labute approximate surface area is 80.1 Å². The third kappa shape index (κ3) is 5.10. The Bertz CT molecular complexity index is 208. The molecule has 0 fully saturated rings. The predicted molar refractivity (Wildman–Crippen MR) is 40.0 cm³/mol. The van der Waals surface area contributed by atoms with Crippen molar-refractivity contribution in [2.45, 2.75) is 0 Å². The molecule has 0 amide bonds. The standard InChI is InChI=1S/C6H4Cl2O.W/c1-5(7)3-2-4-6(8)9;/h2-3H,1H2;/b3-2-;. The van der Waals surface area contributed by atoms with Gasteiger partial charge in [0.25, 0.3) is 0 Å². The number of hydrogen-bond donors (Lipinski definition) is 0. The van der Waals surface area contributed by atoms with E-state index in [-0.39, 0.29) is 0 Å². The molecule has 0 aromatic carbocycles. The van der Waals surface area contributed by atoms with E-state index in [9.17, 15) is 4.79 Å². The van der Waals surface area contributed by atoms with Crippen molar-refractivity contribution in [2.75, 3.05) is 0 Å². The summed E-state index contributed by atoms with van der Waals surface area (Å²) in [5.41, 5.74) is 0. The molecule has 0 N–H and O–H groups in total. The molecule has 0 radical (unpaired) electrons. The molecule has 10 heavy (non-hydrogen) atoms. The Balaban J connectivity index is 4.03. The van der Waals surface area contributed by atoms with Crippen LogP contribution >= 0.6 is 23.2 Å². The molecule has 0 saturated carbocycles. The minimum atomic E-state index is -0.441. The average Bonchev–Trinajstić information content (AvgIpc) is 1.82. The van der Waals surface area contributed by atoms with E-state index in [1.54, 1.807) is 6.08 Å². The molecule has 0 aromatic rings. The molecule has 4 heteroatoms. The molecule has 0 spiro atoms. The molecule has 0 aliphatic rings. The van der Waals surface area contributed by atoms with Crippen molar-refractivity contribution in [3.63, 3.8) is 0 Å². The number of hydrogen-bond acceptors (Lipinski definition) is 1. The predicted octanol–water partition coefficient (Wildman–Crippen LogP) is 1.78. The summed E-state index contributed by atoms with van der Waals surface area (Å²) in [5, 5.41) is -0.0548. The van der Waals surface area contributed by atoms with E-state index in [2.05, 4.69) is 6.58 Å². The van der Waals surface area contributed by atoms with E-state index in [0.717, 1.165) is 19.4 Å². The Kier molecular flexibility index (Phi) is 5.15. The van der Waals surface area contributed by atoms with Crippen molar-refractivity contribution in [1.82, 2.24) is 0 Å². The maximum atomic E-state index is 10.4. The zero-order valence-corrected chi connectivity index (χ0v) is 9.38. The molecule has 0 atom stereocenters. The van der Waals surface area contributed by atoms with Crippen molar-refractivity contribution >= 4 is 32.3 Å². The molecule has 0 rings (SSSR count). The van der Waals surface area contributed by atoms with Gasteiger partial charge in [-0.2, -0.15) is 0 Å². The fraction of sp³-hybridized carbons (Fsp3) is 0. The van der Waals surface area contributed by atoms with Gasteiger partial charge >= 0.3 is 80.3 Å². The van der Waals surface area contributed by atoms with Crippen LogP contribution in [0.2, 0.25) is 0 Å². The van der Waals surface area contributed by atoms with Gasteiger partial charge in [0.15, 0.2) is 0 Å². The van der Waals surface area contributed by atoms with Gasteiger partial charge in [0, 0.05) is 0 Å². The van der Waals surface area contributed by atoms with Crippen molar-refractivity contribution < 1.29 is 24.1 Å². The molecular weight excluding hydrogens is 343 g/mol. The second kappa shape index (κ2) is 5.01. The van der Waals surface area contributed by atoms with Gasteiger partial charge in [-0.05, 0) is 0 Å². The summed E-state index contributed by atoms with van der Waals surface area (Å²) in [4.78, 5) is 10.4. The van der Waals surface area contributed by atoms with Crippen LogP contribution in [-0.2, 0) is 24.1 Å². The maximum absolute atomic E-state index is 10.4. The van der Waals surface area contributed by atoms with Crippen molar-refractivity contribution in [3.05, 3.63) is 23.8 Å². The van der Waals surface area contributed by atoms with Crippen molar-refractivity contribution in [1.29, 1.82) is 0 Å².